The minimum absolute atomic E-state index is 0.125. The van der Waals surface area contributed by atoms with E-state index in [-0.39, 0.29) is 11.9 Å². The molecule has 0 aromatic carbocycles. The second-order valence-electron chi connectivity index (χ2n) is 5.97. The van der Waals surface area contributed by atoms with Gasteiger partial charge in [0.2, 0.25) is 0 Å². The molecule has 1 N–H and O–H groups in total. The van der Waals surface area contributed by atoms with Gasteiger partial charge in [-0.2, -0.15) is 0 Å². The third-order valence-corrected chi connectivity index (χ3v) is 4.01. The number of pyridine rings is 1. The van der Waals surface area contributed by atoms with E-state index in [0.29, 0.717) is 23.8 Å². The average molecular weight is 293 g/mol. The van der Waals surface area contributed by atoms with Crippen LogP contribution in [-0.4, -0.2) is 34.9 Å². The SMILES string of the molecule is CCCNc1ncc(F)cc1C(=O)N1CC(C)CCC1C. The fraction of sp³-hybridized carbons (Fsp3) is 0.625. The van der Waals surface area contributed by atoms with Crippen molar-refractivity contribution in [3.05, 3.63) is 23.6 Å². The van der Waals surface area contributed by atoms with Crippen LogP contribution in [0.25, 0.3) is 0 Å². The van der Waals surface area contributed by atoms with Crippen LogP contribution in [0.1, 0.15) is 50.4 Å². The summed E-state index contributed by atoms with van der Waals surface area (Å²) in [6.07, 6.45) is 4.20. The van der Waals surface area contributed by atoms with Gasteiger partial charge in [0, 0.05) is 19.1 Å². The minimum Gasteiger partial charge on any atom is -0.369 e. The first kappa shape index (κ1) is 15.7. The van der Waals surface area contributed by atoms with Gasteiger partial charge in [-0.3, -0.25) is 4.79 Å². The topological polar surface area (TPSA) is 45.2 Å². The molecule has 1 aliphatic rings. The number of carbonyl (C=O) groups excluding carboxylic acids is 1. The molecule has 4 nitrogen and oxygen atoms in total. The number of anilines is 1. The van der Waals surface area contributed by atoms with E-state index in [1.807, 2.05) is 11.8 Å². The number of carbonyl (C=O) groups is 1. The highest BCUT2D eigenvalue weighted by molar-refractivity contribution is 5.99. The molecule has 0 bridgehead atoms. The molecule has 1 amide bonds. The number of aromatic nitrogens is 1. The standard InChI is InChI=1S/C16H24FN3O/c1-4-7-18-15-14(8-13(17)9-19-15)16(21)20-10-11(2)5-6-12(20)3/h8-9,11-12H,4-7,10H2,1-3H3,(H,18,19). The zero-order chi connectivity index (χ0) is 15.4. The molecule has 1 saturated heterocycles. The number of nitrogens with zero attached hydrogens (tertiary/aromatic N) is 2. The van der Waals surface area contributed by atoms with Crippen LogP contribution in [0.2, 0.25) is 0 Å². The molecule has 5 heteroatoms. The second kappa shape index (κ2) is 6.87. The highest BCUT2D eigenvalue weighted by atomic mass is 19.1. The molecule has 1 aliphatic heterocycles. The Morgan fingerprint density at radius 2 is 2.24 bits per heavy atom. The Morgan fingerprint density at radius 1 is 1.48 bits per heavy atom. The predicted molar refractivity (Wildman–Crippen MR) is 81.9 cm³/mol. The van der Waals surface area contributed by atoms with Crippen LogP contribution in [0.15, 0.2) is 12.3 Å². The van der Waals surface area contributed by atoms with Gasteiger partial charge in [-0.25, -0.2) is 9.37 Å². The van der Waals surface area contributed by atoms with Crippen molar-refractivity contribution in [1.82, 2.24) is 9.88 Å². The van der Waals surface area contributed by atoms with Crippen molar-refractivity contribution in [2.75, 3.05) is 18.4 Å². The first-order chi connectivity index (χ1) is 10.0. The predicted octanol–water partition coefficient (Wildman–Crippen LogP) is 3.30. The molecule has 2 heterocycles. The summed E-state index contributed by atoms with van der Waals surface area (Å²) < 4.78 is 13.5. The number of halogens is 1. The third-order valence-electron chi connectivity index (χ3n) is 4.01. The molecule has 1 aromatic rings. The monoisotopic (exact) mass is 293 g/mol. The number of hydrogen-bond acceptors (Lipinski definition) is 3. The summed E-state index contributed by atoms with van der Waals surface area (Å²) in [4.78, 5) is 18.7. The number of rotatable bonds is 4. The smallest absolute Gasteiger partial charge is 0.257 e. The second-order valence-corrected chi connectivity index (χ2v) is 5.97. The van der Waals surface area contributed by atoms with Crippen molar-refractivity contribution in [1.29, 1.82) is 0 Å². The van der Waals surface area contributed by atoms with Gasteiger partial charge in [-0.05, 0) is 38.2 Å². The summed E-state index contributed by atoms with van der Waals surface area (Å²) in [6, 6.07) is 1.48. The van der Waals surface area contributed by atoms with Crippen LogP contribution >= 0.6 is 0 Å². The molecular weight excluding hydrogens is 269 g/mol. The molecule has 1 aromatic heterocycles. The van der Waals surface area contributed by atoms with Crippen molar-refractivity contribution >= 4 is 11.7 Å². The van der Waals surface area contributed by atoms with E-state index >= 15 is 0 Å². The van der Waals surface area contributed by atoms with Crippen molar-refractivity contribution in [2.24, 2.45) is 5.92 Å². The summed E-state index contributed by atoms with van der Waals surface area (Å²) in [5, 5.41) is 3.11. The Balaban J connectivity index is 2.26. The van der Waals surface area contributed by atoms with Gasteiger partial charge in [0.05, 0.1) is 11.8 Å². The zero-order valence-corrected chi connectivity index (χ0v) is 13.0. The number of amides is 1. The Morgan fingerprint density at radius 3 is 2.95 bits per heavy atom. The number of piperidine rings is 1. The highest BCUT2D eigenvalue weighted by Gasteiger charge is 2.29. The molecule has 116 valence electrons. The first-order valence-electron chi connectivity index (χ1n) is 7.73. The van der Waals surface area contributed by atoms with E-state index in [4.69, 9.17) is 0 Å². The molecule has 1 fully saturated rings. The van der Waals surface area contributed by atoms with Crippen LogP contribution in [0.3, 0.4) is 0 Å². The lowest BCUT2D eigenvalue weighted by Crippen LogP contribution is -2.45. The lowest BCUT2D eigenvalue weighted by molar-refractivity contribution is 0.0574. The van der Waals surface area contributed by atoms with Crippen LogP contribution in [0.5, 0.6) is 0 Å². The third kappa shape index (κ3) is 3.71. The Kier molecular flexibility index (Phi) is 5.15. The lowest BCUT2D eigenvalue weighted by Gasteiger charge is -2.37. The van der Waals surface area contributed by atoms with Gasteiger partial charge in [-0.15, -0.1) is 0 Å². The van der Waals surface area contributed by atoms with Gasteiger partial charge in [0.25, 0.3) is 5.91 Å². The van der Waals surface area contributed by atoms with Crippen molar-refractivity contribution in [3.8, 4) is 0 Å². The molecule has 2 unspecified atom stereocenters. The first-order valence-corrected chi connectivity index (χ1v) is 7.73. The van der Waals surface area contributed by atoms with Gasteiger partial charge in [-0.1, -0.05) is 13.8 Å². The van der Waals surface area contributed by atoms with E-state index in [1.165, 1.54) is 6.07 Å². The molecule has 2 rings (SSSR count). The van der Waals surface area contributed by atoms with E-state index in [9.17, 15) is 9.18 Å². The van der Waals surface area contributed by atoms with E-state index in [1.54, 1.807) is 0 Å². The summed E-state index contributed by atoms with van der Waals surface area (Å²) in [5.74, 6) is 0.366. The van der Waals surface area contributed by atoms with Crippen LogP contribution < -0.4 is 5.32 Å². The maximum Gasteiger partial charge on any atom is 0.257 e. The van der Waals surface area contributed by atoms with Crippen molar-refractivity contribution in [3.63, 3.8) is 0 Å². The highest BCUT2D eigenvalue weighted by Crippen LogP contribution is 2.25. The largest absolute Gasteiger partial charge is 0.369 e. The minimum atomic E-state index is -0.474. The summed E-state index contributed by atoms with van der Waals surface area (Å²) in [5.41, 5.74) is 0.337. The molecular formula is C16H24FN3O. The average Bonchev–Trinajstić information content (AvgIpc) is 2.47. The quantitative estimate of drug-likeness (QED) is 0.926. The maximum atomic E-state index is 13.5. The van der Waals surface area contributed by atoms with E-state index in [0.717, 1.165) is 32.0 Å². The Bertz CT molecular complexity index is 506. The van der Waals surface area contributed by atoms with E-state index < -0.39 is 5.82 Å². The van der Waals surface area contributed by atoms with Gasteiger partial charge in [0.1, 0.15) is 11.6 Å². The summed E-state index contributed by atoms with van der Waals surface area (Å²) in [7, 11) is 0. The molecule has 21 heavy (non-hydrogen) atoms. The summed E-state index contributed by atoms with van der Waals surface area (Å²) in [6.45, 7) is 7.67. The fourth-order valence-electron chi connectivity index (χ4n) is 2.71. The van der Waals surface area contributed by atoms with Crippen LogP contribution in [0, 0.1) is 11.7 Å². The van der Waals surface area contributed by atoms with Crippen molar-refractivity contribution in [2.45, 2.75) is 46.1 Å². The Labute approximate surface area is 125 Å². The number of hydrogen-bond donors (Lipinski definition) is 1. The van der Waals surface area contributed by atoms with E-state index in [2.05, 4.69) is 24.1 Å². The number of likely N-dealkylation sites (tertiary alicyclic amines) is 1. The Hall–Kier alpha value is -1.65. The summed E-state index contributed by atoms with van der Waals surface area (Å²) >= 11 is 0. The maximum absolute atomic E-state index is 13.5. The molecule has 0 spiro atoms. The van der Waals surface area contributed by atoms with Gasteiger partial charge in [0.15, 0.2) is 0 Å². The zero-order valence-electron chi connectivity index (χ0n) is 13.0. The van der Waals surface area contributed by atoms with Crippen LogP contribution in [0.4, 0.5) is 10.2 Å². The van der Waals surface area contributed by atoms with Gasteiger partial charge >= 0.3 is 0 Å². The van der Waals surface area contributed by atoms with Gasteiger partial charge < -0.3 is 10.2 Å². The number of nitrogens with one attached hydrogen (secondary N) is 1. The van der Waals surface area contributed by atoms with Crippen molar-refractivity contribution < 1.29 is 9.18 Å². The normalized spacial score (nSPS) is 22.2. The van der Waals surface area contributed by atoms with Crippen LogP contribution in [-0.2, 0) is 0 Å². The lowest BCUT2D eigenvalue weighted by atomic mass is 9.94. The fourth-order valence-corrected chi connectivity index (χ4v) is 2.71. The molecule has 0 aliphatic carbocycles. The molecule has 2 atom stereocenters. The molecule has 0 radical (unpaired) electrons. The molecule has 0 saturated carbocycles.